The van der Waals surface area contributed by atoms with Crippen LogP contribution in [0.5, 0.6) is 0 Å². The molecule has 0 spiro atoms. The molecule has 0 saturated carbocycles. The van der Waals surface area contributed by atoms with E-state index in [0.29, 0.717) is 12.5 Å². The van der Waals surface area contributed by atoms with E-state index in [9.17, 15) is 21.6 Å². The molecule has 0 amide bonds. The summed E-state index contributed by atoms with van der Waals surface area (Å²) in [4.78, 5) is 10.1. The minimum absolute atomic E-state index is 0. The number of guanidine groups is 1. The number of aromatic nitrogens is 2. The Kier molecular flexibility index (Phi) is 7.97. The summed E-state index contributed by atoms with van der Waals surface area (Å²) in [6.07, 6.45) is -1.77. The molecule has 1 N–H and O–H groups in total. The van der Waals surface area contributed by atoms with E-state index in [2.05, 4.69) is 15.3 Å². The first-order valence-electron chi connectivity index (χ1n) is 8.27. The first kappa shape index (κ1) is 24.0. The second-order valence-corrected chi connectivity index (χ2v) is 9.50. The molecule has 1 aromatic rings. The smallest absolute Gasteiger partial charge is 0.357 e. The molecular formula is C15H25F3IN5O2S. The number of rotatable bonds is 4. The van der Waals surface area contributed by atoms with Crippen LogP contribution in [0.3, 0.4) is 0 Å². The van der Waals surface area contributed by atoms with Crippen molar-refractivity contribution < 1.29 is 21.6 Å². The predicted molar refractivity (Wildman–Crippen MR) is 108 cm³/mol. The molecule has 2 rings (SSSR count). The van der Waals surface area contributed by atoms with Gasteiger partial charge in [0.15, 0.2) is 15.8 Å². The van der Waals surface area contributed by atoms with Crippen LogP contribution >= 0.6 is 24.0 Å². The number of imidazole rings is 1. The standard InChI is InChI=1S/C15H24F3N5O2S.HI/c1-4-19-13(23-7-8-26(24,25)14(2,3)10-23)21-9-12-20-5-6-22(12)11-15(16,17)18;/h5-6H,4,7-11H2,1-3H3,(H,19,21);1H. The first-order valence-corrected chi connectivity index (χ1v) is 9.93. The number of alkyl halides is 3. The number of halogens is 4. The second kappa shape index (κ2) is 8.97. The Morgan fingerprint density at radius 1 is 1.41 bits per heavy atom. The zero-order valence-electron chi connectivity index (χ0n) is 15.5. The quantitative estimate of drug-likeness (QED) is 0.372. The van der Waals surface area contributed by atoms with Gasteiger partial charge in [-0.15, -0.1) is 24.0 Å². The lowest BCUT2D eigenvalue weighted by atomic mass is 10.2. The summed E-state index contributed by atoms with van der Waals surface area (Å²) >= 11 is 0. The summed E-state index contributed by atoms with van der Waals surface area (Å²) in [5, 5.41) is 3.07. The number of hydrogen-bond acceptors (Lipinski definition) is 4. The van der Waals surface area contributed by atoms with Crippen LogP contribution in [-0.2, 0) is 22.9 Å². The Morgan fingerprint density at radius 3 is 2.63 bits per heavy atom. The zero-order chi connectivity index (χ0) is 19.6. The summed E-state index contributed by atoms with van der Waals surface area (Å²) in [6.45, 7) is 5.14. The van der Waals surface area contributed by atoms with E-state index in [0.717, 1.165) is 4.57 Å². The van der Waals surface area contributed by atoms with E-state index in [1.807, 2.05) is 11.8 Å². The van der Waals surface area contributed by atoms with E-state index in [-0.39, 0.29) is 55.2 Å². The fourth-order valence-electron chi connectivity index (χ4n) is 2.72. The lowest BCUT2D eigenvalue weighted by Crippen LogP contribution is -2.57. The van der Waals surface area contributed by atoms with Crippen molar-refractivity contribution in [2.24, 2.45) is 4.99 Å². The van der Waals surface area contributed by atoms with Gasteiger partial charge in [0.1, 0.15) is 18.9 Å². The first-order chi connectivity index (χ1) is 12.0. The minimum atomic E-state index is -4.34. The van der Waals surface area contributed by atoms with Gasteiger partial charge in [0.05, 0.1) is 10.5 Å². The Hall–Kier alpha value is -1.05. The summed E-state index contributed by atoms with van der Waals surface area (Å²) in [5.41, 5.74) is 0. The summed E-state index contributed by atoms with van der Waals surface area (Å²) < 4.78 is 62.2. The topological polar surface area (TPSA) is 79.6 Å². The Labute approximate surface area is 174 Å². The molecule has 0 radical (unpaired) electrons. The number of nitrogens with one attached hydrogen (secondary N) is 1. The molecule has 0 aliphatic carbocycles. The second-order valence-electron chi connectivity index (χ2n) is 6.76. The number of hydrogen-bond donors (Lipinski definition) is 1. The van der Waals surface area contributed by atoms with Crippen LogP contribution in [0.15, 0.2) is 17.4 Å². The maximum absolute atomic E-state index is 12.6. The molecule has 0 atom stereocenters. The average molecular weight is 523 g/mol. The average Bonchev–Trinajstić information content (AvgIpc) is 2.91. The molecule has 1 aliphatic heterocycles. The van der Waals surface area contributed by atoms with Crippen LogP contribution < -0.4 is 5.32 Å². The fraction of sp³-hybridized carbons (Fsp3) is 0.733. The van der Waals surface area contributed by atoms with Gasteiger partial charge in [0.25, 0.3) is 0 Å². The Balaban J connectivity index is 0.00000364. The van der Waals surface area contributed by atoms with Crippen molar-refractivity contribution >= 4 is 39.8 Å². The molecule has 156 valence electrons. The van der Waals surface area contributed by atoms with E-state index in [1.54, 1.807) is 13.8 Å². The van der Waals surface area contributed by atoms with Crippen molar-refractivity contribution in [3.8, 4) is 0 Å². The minimum Gasteiger partial charge on any atom is -0.357 e. The molecule has 7 nitrogen and oxygen atoms in total. The van der Waals surface area contributed by atoms with Gasteiger partial charge in [-0.2, -0.15) is 13.2 Å². The highest BCUT2D eigenvalue weighted by atomic mass is 127. The number of sulfone groups is 1. The van der Waals surface area contributed by atoms with Gasteiger partial charge < -0.3 is 14.8 Å². The third-order valence-electron chi connectivity index (χ3n) is 4.20. The normalized spacial score (nSPS) is 19.5. The van der Waals surface area contributed by atoms with Crippen molar-refractivity contribution in [3.05, 3.63) is 18.2 Å². The van der Waals surface area contributed by atoms with E-state index < -0.39 is 27.3 Å². The van der Waals surface area contributed by atoms with Crippen LogP contribution in [0.1, 0.15) is 26.6 Å². The van der Waals surface area contributed by atoms with Crippen LogP contribution in [0.2, 0.25) is 0 Å². The van der Waals surface area contributed by atoms with Crippen molar-refractivity contribution in [3.63, 3.8) is 0 Å². The summed E-state index contributed by atoms with van der Waals surface area (Å²) in [7, 11) is -3.19. The van der Waals surface area contributed by atoms with Gasteiger partial charge in [-0.3, -0.25) is 0 Å². The third-order valence-corrected chi connectivity index (χ3v) is 6.73. The molecule has 27 heavy (non-hydrogen) atoms. The molecule has 0 bridgehead atoms. The molecular weight excluding hydrogens is 498 g/mol. The summed E-state index contributed by atoms with van der Waals surface area (Å²) in [5.74, 6) is 0.672. The van der Waals surface area contributed by atoms with Crippen molar-refractivity contribution in [1.29, 1.82) is 0 Å². The van der Waals surface area contributed by atoms with Crippen LogP contribution in [0, 0.1) is 0 Å². The Bertz CT molecular complexity index is 762. The van der Waals surface area contributed by atoms with Crippen molar-refractivity contribution in [1.82, 2.24) is 19.8 Å². The maximum Gasteiger partial charge on any atom is 0.406 e. The van der Waals surface area contributed by atoms with Crippen LogP contribution in [0.4, 0.5) is 13.2 Å². The van der Waals surface area contributed by atoms with E-state index in [4.69, 9.17) is 0 Å². The monoisotopic (exact) mass is 523 g/mol. The zero-order valence-corrected chi connectivity index (χ0v) is 18.6. The largest absolute Gasteiger partial charge is 0.406 e. The van der Waals surface area contributed by atoms with E-state index >= 15 is 0 Å². The van der Waals surface area contributed by atoms with Gasteiger partial charge in [0, 0.05) is 32.0 Å². The van der Waals surface area contributed by atoms with E-state index in [1.165, 1.54) is 12.4 Å². The maximum atomic E-state index is 12.6. The number of nitrogens with zero attached hydrogens (tertiary/aromatic N) is 4. The lowest BCUT2D eigenvalue weighted by molar-refractivity contribution is -0.141. The fourth-order valence-corrected chi connectivity index (χ4v) is 4.09. The van der Waals surface area contributed by atoms with Gasteiger partial charge in [-0.1, -0.05) is 0 Å². The SMILES string of the molecule is CCNC(=NCc1nccn1CC(F)(F)F)N1CCS(=O)(=O)C(C)(C)C1.I. The molecule has 1 fully saturated rings. The van der Waals surface area contributed by atoms with Gasteiger partial charge in [-0.05, 0) is 20.8 Å². The van der Waals surface area contributed by atoms with Gasteiger partial charge >= 0.3 is 6.18 Å². The van der Waals surface area contributed by atoms with Gasteiger partial charge in [0.2, 0.25) is 0 Å². The third kappa shape index (κ3) is 6.22. The molecule has 1 aliphatic rings. The Morgan fingerprint density at radius 2 is 2.07 bits per heavy atom. The highest BCUT2D eigenvalue weighted by molar-refractivity contribution is 14.0. The van der Waals surface area contributed by atoms with Gasteiger partial charge in [-0.25, -0.2) is 18.4 Å². The van der Waals surface area contributed by atoms with Crippen molar-refractivity contribution in [2.75, 3.05) is 25.4 Å². The van der Waals surface area contributed by atoms with Crippen LogP contribution in [0.25, 0.3) is 0 Å². The molecule has 0 unspecified atom stereocenters. The molecule has 1 saturated heterocycles. The molecule has 2 heterocycles. The summed E-state index contributed by atoms with van der Waals surface area (Å²) in [6, 6.07) is 0. The molecule has 12 heteroatoms. The number of aliphatic imine (C=N–C) groups is 1. The van der Waals surface area contributed by atoms with Crippen molar-refractivity contribution in [2.45, 2.75) is 44.8 Å². The molecule has 0 aromatic carbocycles. The highest BCUT2D eigenvalue weighted by Gasteiger charge is 2.41. The molecule has 1 aromatic heterocycles. The predicted octanol–water partition coefficient (Wildman–Crippen LogP) is 2.04. The van der Waals surface area contributed by atoms with Crippen LogP contribution in [-0.4, -0.2) is 65.1 Å². The highest BCUT2D eigenvalue weighted by Crippen LogP contribution is 2.24. The lowest BCUT2D eigenvalue weighted by Gasteiger charge is -2.39.